The number of phenolic OH excluding ortho intramolecular Hbond substituents is 1. The Morgan fingerprint density at radius 2 is 1.87 bits per heavy atom. The molecule has 0 aromatic heterocycles. The van der Waals surface area contributed by atoms with Gasteiger partial charge in [0.05, 0.1) is 3.57 Å². The molecule has 0 radical (unpaired) electrons. The van der Waals surface area contributed by atoms with Gasteiger partial charge in [-0.05, 0) is 82.8 Å². The summed E-state index contributed by atoms with van der Waals surface area (Å²) in [5, 5.41) is 22.4. The molecule has 3 aromatic rings. The van der Waals surface area contributed by atoms with Crippen LogP contribution in [0.25, 0.3) is 6.08 Å². The fourth-order valence-corrected chi connectivity index (χ4v) is 3.73. The Morgan fingerprint density at radius 1 is 1.13 bits per heavy atom. The number of nitrogens with one attached hydrogen (secondary N) is 1. The third-order valence-electron chi connectivity index (χ3n) is 4.16. The summed E-state index contributed by atoms with van der Waals surface area (Å²) in [5.74, 6) is 0.195. The van der Waals surface area contributed by atoms with Crippen LogP contribution >= 0.6 is 45.8 Å². The number of nitriles is 1. The summed E-state index contributed by atoms with van der Waals surface area (Å²) in [4.78, 5) is 12.4. The van der Waals surface area contributed by atoms with E-state index in [2.05, 4.69) is 27.9 Å². The second-order valence-electron chi connectivity index (χ2n) is 6.39. The third-order valence-corrected chi connectivity index (χ3v) is 5.59. The van der Waals surface area contributed by atoms with Crippen molar-refractivity contribution >= 4 is 63.5 Å². The van der Waals surface area contributed by atoms with Crippen LogP contribution in [-0.4, -0.2) is 11.0 Å². The molecule has 1 amide bonds. The Morgan fingerprint density at radius 3 is 2.52 bits per heavy atom. The van der Waals surface area contributed by atoms with E-state index in [0.717, 1.165) is 9.13 Å². The molecule has 8 heteroatoms. The molecule has 3 aromatic carbocycles. The van der Waals surface area contributed by atoms with Gasteiger partial charge in [-0.15, -0.1) is 0 Å². The van der Waals surface area contributed by atoms with Gasteiger partial charge in [-0.3, -0.25) is 4.79 Å². The number of carbonyl (C=O) groups is 1. The van der Waals surface area contributed by atoms with Gasteiger partial charge in [0, 0.05) is 21.3 Å². The van der Waals surface area contributed by atoms with E-state index in [4.69, 9.17) is 27.9 Å². The highest BCUT2D eigenvalue weighted by Crippen LogP contribution is 2.27. The second kappa shape index (κ2) is 10.5. The van der Waals surface area contributed by atoms with E-state index in [1.54, 1.807) is 42.5 Å². The van der Waals surface area contributed by atoms with Gasteiger partial charge in [-0.25, -0.2) is 0 Å². The molecule has 3 rings (SSSR count). The Kier molecular flexibility index (Phi) is 7.80. The maximum atomic E-state index is 12.4. The number of amides is 1. The minimum atomic E-state index is -0.541. The topological polar surface area (TPSA) is 82.3 Å². The summed E-state index contributed by atoms with van der Waals surface area (Å²) in [6, 6.07) is 18.4. The average Bonchev–Trinajstić information content (AvgIpc) is 2.74. The number of halogens is 3. The number of benzene rings is 3. The van der Waals surface area contributed by atoms with Gasteiger partial charge in [-0.1, -0.05) is 35.3 Å². The van der Waals surface area contributed by atoms with Crippen molar-refractivity contribution in [2.75, 3.05) is 5.32 Å². The quantitative estimate of drug-likeness (QED) is 0.156. The van der Waals surface area contributed by atoms with Crippen molar-refractivity contribution in [3.8, 4) is 17.6 Å². The minimum absolute atomic E-state index is 0.0505. The molecule has 0 saturated carbocycles. The first kappa shape index (κ1) is 22.9. The predicted molar refractivity (Wildman–Crippen MR) is 130 cm³/mol. The molecular weight excluding hydrogens is 550 g/mol. The number of ether oxygens (including phenoxy) is 1. The Balaban J connectivity index is 1.71. The molecule has 0 saturated heterocycles. The molecule has 0 aliphatic carbocycles. The standard InChI is InChI=1S/C23H15Cl2IN2O3/c24-17-3-2-15(20(25)11-17)13-31-22-8-1-14(10-21(22)26)9-16(12-27)23(30)28-18-4-6-19(29)7-5-18/h1-11,29H,13H2,(H,28,30)/b16-9+. The summed E-state index contributed by atoms with van der Waals surface area (Å²) >= 11 is 14.2. The van der Waals surface area contributed by atoms with Gasteiger partial charge in [0.15, 0.2) is 0 Å². The maximum Gasteiger partial charge on any atom is 0.266 e. The first-order valence-electron chi connectivity index (χ1n) is 8.94. The number of hydrogen-bond donors (Lipinski definition) is 2. The van der Waals surface area contributed by atoms with Gasteiger partial charge in [0.25, 0.3) is 5.91 Å². The molecule has 5 nitrogen and oxygen atoms in total. The van der Waals surface area contributed by atoms with Gasteiger partial charge in [-0.2, -0.15) is 5.26 Å². The lowest BCUT2D eigenvalue weighted by molar-refractivity contribution is -0.112. The van der Waals surface area contributed by atoms with Crippen LogP contribution < -0.4 is 10.1 Å². The van der Waals surface area contributed by atoms with E-state index in [1.165, 1.54) is 18.2 Å². The molecule has 0 aliphatic heterocycles. The van der Waals surface area contributed by atoms with Crippen LogP contribution in [0.1, 0.15) is 11.1 Å². The molecule has 0 bridgehead atoms. The minimum Gasteiger partial charge on any atom is -0.508 e. The predicted octanol–water partition coefficient (Wildman–Crippen LogP) is 6.43. The average molecular weight is 565 g/mol. The highest BCUT2D eigenvalue weighted by Gasteiger charge is 2.11. The summed E-state index contributed by atoms with van der Waals surface area (Å²) in [7, 11) is 0. The van der Waals surface area contributed by atoms with Gasteiger partial charge in [0.2, 0.25) is 0 Å². The smallest absolute Gasteiger partial charge is 0.266 e. The fraction of sp³-hybridized carbons (Fsp3) is 0.0435. The lowest BCUT2D eigenvalue weighted by atomic mass is 10.1. The summed E-state index contributed by atoms with van der Waals surface area (Å²) < 4.78 is 6.66. The van der Waals surface area contributed by atoms with Crippen molar-refractivity contribution in [1.82, 2.24) is 0 Å². The summed E-state index contributed by atoms with van der Waals surface area (Å²) in [6.07, 6.45) is 1.50. The van der Waals surface area contributed by atoms with Crippen LogP contribution in [0.15, 0.2) is 66.2 Å². The van der Waals surface area contributed by atoms with E-state index in [9.17, 15) is 15.2 Å². The van der Waals surface area contributed by atoms with Crippen LogP contribution in [-0.2, 0) is 11.4 Å². The Labute approximate surface area is 203 Å². The maximum absolute atomic E-state index is 12.4. The highest BCUT2D eigenvalue weighted by atomic mass is 127. The molecule has 156 valence electrons. The monoisotopic (exact) mass is 564 g/mol. The highest BCUT2D eigenvalue weighted by molar-refractivity contribution is 14.1. The molecule has 0 heterocycles. The lowest BCUT2D eigenvalue weighted by Crippen LogP contribution is -2.13. The molecule has 0 aliphatic rings. The molecule has 31 heavy (non-hydrogen) atoms. The second-order valence-corrected chi connectivity index (χ2v) is 8.39. The van der Waals surface area contributed by atoms with E-state index >= 15 is 0 Å². The zero-order valence-electron chi connectivity index (χ0n) is 15.9. The van der Waals surface area contributed by atoms with Crippen molar-refractivity contribution in [3.05, 3.63) is 91.0 Å². The normalized spacial score (nSPS) is 11.0. The van der Waals surface area contributed by atoms with E-state index in [1.807, 2.05) is 12.1 Å². The van der Waals surface area contributed by atoms with Crippen LogP contribution in [0.5, 0.6) is 11.5 Å². The van der Waals surface area contributed by atoms with Crippen molar-refractivity contribution < 1.29 is 14.6 Å². The van der Waals surface area contributed by atoms with Crippen LogP contribution in [0.2, 0.25) is 10.0 Å². The number of aromatic hydroxyl groups is 1. The first-order chi connectivity index (χ1) is 14.9. The van der Waals surface area contributed by atoms with Crippen LogP contribution in [0, 0.1) is 14.9 Å². The van der Waals surface area contributed by atoms with Gasteiger partial charge in [0.1, 0.15) is 29.7 Å². The van der Waals surface area contributed by atoms with Crippen LogP contribution in [0.3, 0.4) is 0 Å². The zero-order chi connectivity index (χ0) is 22.4. The Bertz CT molecular complexity index is 1190. The van der Waals surface area contributed by atoms with Crippen molar-refractivity contribution in [2.45, 2.75) is 6.61 Å². The van der Waals surface area contributed by atoms with E-state index < -0.39 is 5.91 Å². The first-order valence-corrected chi connectivity index (χ1v) is 10.8. The molecular formula is C23H15Cl2IN2O3. The summed E-state index contributed by atoms with van der Waals surface area (Å²) in [5.41, 5.74) is 1.91. The molecule has 2 N–H and O–H groups in total. The van der Waals surface area contributed by atoms with Crippen molar-refractivity contribution in [2.24, 2.45) is 0 Å². The van der Waals surface area contributed by atoms with Gasteiger partial charge >= 0.3 is 0 Å². The van der Waals surface area contributed by atoms with Crippen LogP contribution in [0.4, 0.5) is 5.69 Å². The third kappa shape index (κ3) is 6.37. The Hall–Kier alpha value is -2.73. The molecule has 0 unspecified atom stereocenters. The molecule has 0 fully saturated rings. The number of hydrogen-bond acceptors (Lipinski definition) is 4. The fourth-order valence-electron chi connectivity index (χ4n) is 2.58. The van der Waals surface area contributed by atoms with E-state index in [0.29, 0.717) is 27.0 Å². The van der Waals surface area contributed by atoms with Gasteiger partial charge < -0.3 is 15.2 Å². The number of carbonyl (C=O) groups excluding carboxylic acids is 1. The number of anilines is 1. The lowest BCUT2D eigenvalue weighted by Gasteiger charge is -2.10. The summed E-state index contributed by atoms with van der Waals surface area (Å²) in [6.45, 7) is 0.277. The molecule has 0 spiro atoms. The number of nitrogens with zero attached hydrogens (tertiary/aromatic N) is 1. The SMILES string of the molecule is N#C/C(=C\c1ccc(OCc2ccc(Cl)cc2Cl)c(I)c1)C(=O)Nc1ccc(O)cc1. The number of rotatable bonds is 6. The largest absolute Gasteiger partial charge is 0.508 e. The van der Waals surface area contributed by atoms with Crippen molar-refractivity contribution in [1.29, 1.82) is 5.26 Å². The molecule has 0 atom stereocenters. The van der Waals surface area contributed by atoms with Crippen molar-refractivity contribution in [3.63, 3.8) is 0 Å². The number of phenols is 1. The zero-order valence-corrected chi connectivity index (χ0v) is 19.6. The van der Waals surface area contributed by atoms with E-state index in [-0.39, 0.29) is 17.9 Å².